The summed E-state index contributed by atoms with van der Waals surface area (Å²) in [5.41, 5.74) is -0.520. The number of aromatic nitrogens is 2. The average molecular weight is 368 g/mol. The second-order valence-electron chi connectivity index (χ2n) is 8.01. The van der Waals surface area contributed by atoms with Crippen LogP contribution in [0.1, 0.15) is 44.3 Å². The molecule has 1 saturated carbocycles. The second kappa shape index (κ2) is 5.26. The van der Waals surface area contributed by atoms with Crippen LogP contribution >= 0.6 is 0 Å². The first kappa shape index (κ1) is 17.0. The van der Waals surface area contributed by atoms with Crippen molar-refractivity contribution in [2.75, 3.05) is 31.9 Å². The van der Waals surface area contributed by atoms with Crippen LogP contribution in [0.4, 0.5) is 0 Å². The van der Waals surface area contributed by atoms with E-state index < -0.39 is 10.0 Å². The summed E-state index contributed by atoms with van der Waals surface area (Å²) in [5, 5.41) is 3.86. The van der Waals surface area contributed by atoms with Gasteiger partial charge in [0, 0.05) is 37.0 Å². The topological polar surface area (TPSA) is 96.6 Å². The van der Waals surface area contributed by atoms with E-state index in [1.807, 2.05) is 11.8 Å². The lowest BCUT2D eigenvalue weighted by molar-refractivity contribution is -0.149. The lowest BCUT2D eigenvalue weighted by Crippen LogP contribution is -2.62. The fourth-order valence-electron chi connectivity index (χ4n) is 4.07. The third kappa shape index (κ3) is 2.59. The van der Waals surface area contributed by atoms with Gasteiger partial charge in [-0.25, -0.2) is 12.7 Å². The summed E-state index contributed by atoms with van der Waals surface area (Å²) in [6, 6.07) is 0. The van der Waals surface area contributed by atoms with Gasteiger partial charge in [-0.3, -0.25) is 4.79 Å². The van der Waals surface area contributed by atoms with Crippen LogP contribution < -0.4 is 0 Å². The van der Waals surface area contributed by atoms with E-state index in [1.54, 1.807) is 13.8 Å². The molecule has 2 saturated heterocycles. The molecule has 1 unspecified atom stereocenters. The normalized spacial score (nSPS) is 27.5. The standard InChI is InChI=1S/C16H24N4O4S/c1-4-25(22,23)20-7-12(13-17-11(2)18-24-13)16(10-20)8-19(9-16)14(21)15(3)5-6-15/h12H,4-10H2,1-3H3. The molecule has 2 aliphatic heterocycles. The van der Waals surface area contributed by atoms with Crippen molar-refractivity contribution < 1.29 is 17.7 Å². The quantitative estimate of drug-likeness (QED) is 0.778. The van der Waals surface area contributed by atoms with Crippen LogP contribution in [-0.4, -0.2) is 65.6 Å². The summed E-state index contributed by atoms with van der Waals surface area (Å²) in [5.74, 6) is 1.12. The van der Waals surface area contributed by atoms with Crippen molar-refractivity contribution in [2.45, 2.75) is 39.5 Å². The smallest absolute Gasteiger partial charge is 0.231 e. The first-order valence-corrected chi connectivity index (χ1v) is 10.4. The Morgan fingerprint density at radius 2 is 2.00 bits per heavy atom. The summed E-state index contributed by atoms with van der Waals surface area (Å²) < 4.78 is 31.6. The van der Waals surface area contributed by atoms with Crippen molar-refractivity contribution in [1.29, 1.82) is 0 Å². The number of carbonyl (C=O) groups is 1. The second-order valence-corrected chi connectivity index (χ2v) is 10.3. The van der Waals surface area contributed by atoms with E-state index in [9.17, 15) is 13.2 Å². The first-order chi connectivity index (χ1) is 11.7. The highest BCUT2D eigenvalue weighted by molar-refractivity contribution is 7.89. The van der Waals surface area contributed by atoms with Gasteiger partial charge in [0.2, 0.25) is 21.8 Å². The zero-order valence-corrected chi connectivity index (χ0v) is 15.7. The summed E-state index contributed by atoms with van der Waals surface area (Å²) in [6.07, 6.45) is 1.88. The molecule has 0 bridgehead atoms. The van der Waals surface area contributed by atoms with Gasteiger partial charge in [0.25, 0.3) is 0 Å². The lowest BCUT2D eigenvalue weighted by atomic mass is 9.71. The van der Waals surface area contributed by atoms with Crippen LogP contribution in [-0.2, 0) is 14.8 Å². The number of nitrogens with zero attached hydrogens (tertiary/aromatic N) is 4. The van der Waals surface area contributed by atoms with Crippen molar-refractivity contribution >= 4 is 15.9 Å². The zero-order valence-electron chi connectivity index (χ0n) is 14.9. The van der Waals surface area contributed by atoms with Gasteiger partial charge in [-0.1, -0.05) is 12.1 Å². The fourth-order valence-corrected chi connectivity index (χ4v) is 5.27. The molecule has 1 atom stereocenters. The molecular formula is C16H24N4O4S. The van der Waals surface area contributed by atoms with Crippen molar-refractivity contribution in [2.24, 2.45) is 10.8 Å². The van der Waals surface area contributed by atoms with E-state index >= 15 is 0 Å². The maximum absolute atomic E-state index is 12.6. The highest BCUT2D eigenvalue weighted by Crippen LogP contribution is 2.53. The van der Waals surface area contributed by atoms with Crippen molar-refractivity contribution in [3.63, 3.8) is 0 Å². The van der Waals surface area contributed by atoms with Crippen LogP contribution in [0, 0.1) is 17.8 Å². The van der Waals surface area contributed by atoms with Crippen molar-refractivity contribution in [3.05, 3.63) is 11.7 Å². The predicted molar refractivity (Wildman–Crippen MR) is 89.2 cm³/mol. The maximum Gasteiger partial charge on any atom is 0.231 e. The van der Waals surface area contributed by atoms with Gasteiger partial charge in [0.05, 0.1) is 11.7 Å². The molecule has 25 heavy (non-hydrogen) atoms. The molecule has 138 valence electrons. The minimum Gasteiger partial charge on any atom is -0.341 e. The monoisotopic (exact) mass is 368 g/mol. The zero-order chi connectivity index (χ0) is 18.0. The van der Waals surface area contributed by atoms with E-state index in [-0.39, 0.29) is 28.4 Å². The molecule has 8 nitrogen and oxygen atoms in total. The molecular weight excluding hydrogens is 344 g/mol. The number of aryl methyl sites for hydroxylation is 1. The molecule has 3 heterocycles. The highest BCUT2D eigenvalue weighted by atomic mass is 32.2. The van der Waals surface area contributed by atoms with Crippen LogP contribution in [0.25, 0.3) is 0 Å². The Hall–Kier alpha value is -1.48. The van der Waals surface area contributed by atoms with Crippen molar-refractivity contribution in [3.8, 4) is 0 Å². The highest BCUT2D eigenvalue weighted by Gasteiger charge is 2.61. The Balaban J connectivity index is 1.59. The van der Waals surface area contributed by atoms with E-state index in [1.165, 1.54) is 4.31 Å². The molecule has 3 aliphatic rings. The van der Waals surface area contributed by atoms with Crippen molar-refractivity contribution in [1.82, 2.24) is 19.3 Å². The number of carbonyl (C=O) groups excluding carboxylic acids is 1. The lowest BCUT2D eigenvalue weighted by Gasteiger charge is -2.51. The SMILES string of the molecule is CCS(=O)(=O)N1CC(c2nc(C)no2)C2(CN(C(=O)C3(C)CC3)C2)C1. The van der Waals surface area contributed by atoms with Crippen LogP contribution in [0.3, 0.4) is 0 Å². The molecule has 1 spiro atoms. The van der Waals surface area contributed by atoms with Gasteiger partial charge in [-0.2, -0.15) is 4.98 Å². The molecule has 0 aromatic carbocycles. The third-order valence-corrected chi connectivity index (χ3v) is 7.83. The molecule has 1 aliphatic carbocycles. The van der Waals surface area contributed by atoms with Gasteiger partial charge >= 0.3 is 0 Å². The van der Waals surface area contributed by atoms with Gasteiger partial charge in [-0.15, -0.1) is 0 Å². The van der Waals surface area contributed by atoms with Crippen LogP contribution in [0.15, 0.2) is 4.52 Å². The third-order valence-electron chi connectivity index (χ3n) is 6.03. The van der Waals surface area contributed by atoms with E-state index in [0.717, 1.165) is 12.8 Å². The van der Waals surface area contributed by atoms with E-state index in [4.69, 9.17) is 4.52 Å². The average Bonchev–Trinajstić information content (AvgIpc) is 2.97. The number of rotatable bonds is 4. The molecule has 1 aromatic heterocycles. The van der Waals surface area contributed by atoms with Crippen LogP contribution in [0.2, 0.25) is 0 Å². The van der Waals surface area contributed by atoms with Crippen LogP contribution in [0.5, 0.6) is 0 Å². The van der Waals surface area contributed by atoms with E-state index in [0.29, 0.717) is 37.9 Å². The summed E-state index contributed by atoms with van der Waals surface area (Å²) in [4.78, 5) is 18.8. The summed E-state index contributed by atoms with van der Waals surface area (Å²) >= 11 is 0. The molecule has 1 amide bonds. The number of amides is 1. The number of likely N-dealkylation sites (tertiary alicyclic amines) is 1. The Morgan fingerprint density at radius 3 is 2.52 bits per heavy atom. The van der Waals surface area contributed by atoms with Gasteiger partial charge in [0.15, 0.2) is 5.82 Å². The molecule has 0 radical (unpaired) electrons. The van der Waals surface area contributed by atoms with Gasteiger partial charge < -0.3 is 9.42 Å². The molecule has 1 aromatic rings. The Bertz CT molecular complexity index is 808. The van der Waals surface area contributed by atoms with Gasteiger partial charge in [0.1, 0.15) is 0 Å². The molecule has 9 heteroatoms. The van der Waals surface area contributed by atoms with Gasteiger partial charge in [-0.05, 0) is 26.7 Å². The Kier molecular flexibility index (Phi) is 3.57. The Morgan fingerprint density at radius 1 is 1.32 bits per heavy atom. The maximum atomic E-state index is 12.6. The largest absolute Gasteiger partial charge is 0.341 e. The molecule has 3 fully saturated rings. The number of hydrogen-bond acceptors (Lipinski definition) is 6. The Labute approximate surface area is 147 Å². The summed E-state index contributed by atoms with van der Waals surface area (Å²) in [6.45, 7) is 7.28. The first-order valence-electron chi connectivity index (χ1n) is 8.77. The molecule has 0 N–H and O–H groups in total. The van der Waals surface area contributed by atoms with E-state index in [2.05, 4.69) is 10.1 Å². The minimum absolute atomic E-state index is 0.0688. The fraction of sp³-hybridized carbons (Fsp3) is 0.812. The number of sulfonamides is 1. The number of hydrogen-bond donors (Lipinski definition) is 0. The predicted octanol–water partition coefficient (Wildman–Crippen LogP) is 0.756. The molecule has 4 rings (SSSR count). The minimum atomic E-state index is -3.29. The summed E-state index contributed by atoms with van der Waals surface area (Å²) in [7, 11) is -3.29.